The number of aryl methyl sites for hydroxylation is 2. The number of ketones is 1. The van der Waals surface area contributed by atoms with Gasteiger partial charge in [0.05, 0.1) is 11.3 Å². The van der Waals surface area contributed by atoms with Crippen molar-refractivity contribution in [2.24, 2.45) is 11.8 Å². The van der Waals surface area contributed by atoms with Gasteiger partial charge in [0, 0.05) is 44.2 Å². The molecule has 1 aromatic heterocycles. The summed E-state index contributed by atoms with van der Waals surface area (Å²) in [5.74, 6) is 0.547. The zero-order chi connectivity index (χ0) is 34.3. The molecular weight excluding hydrogens is 788 g/mol. The maximum Gasteiger partial charge on any atom is 0.416 e. The van der Waals surface area contributed by atoms with Gasteiger partial charge in [-0.2, -0.15) is 13.2 Å². The van der Waals surface area contributed by atoms with E-state index in [1.165, 1.54) is 12.1 Å². The van der Waals surface area contributed by atoms with Crippen molar-refractivity contribution in [3.8, 4) is 22.4 Å². The van der Waals surface area contributed by atoms with Gasteiger partial charge in [-0.05, 0) is 88.3 Å². The van der Waals surface area contributed by atoms with Gasteiger partial charge in [-0.25, -0.2) is 0 Å². The SMILES string of the molecule is CCC(CC)C(=O)/C=C(\O)C(CC)CC.Cc1[c-]c(-c2nccc3cc(-c4ccccc4)c4cc(C(F)(F)F)ccc4c23)cc(C)c1.[Ir]. The van der Waals surface area contributed by atoms with Crippen LogP contribution < -0.4 is 0 Å². The quantitative estimate of drug-likeness (QED) is 0.0697. The van der Waals surface area contributed by atoms with Crippen LogP contribution in [0.1, 0.15) is 70.1 Å². The number of carbonyl (C=O) groups is 1. The molecule has 0 unspecified atom stereocenters. The van der Waals surface area contributed by atoms with Gasteiger partial charge < -0.3 is 10.1 Å². The summed E-state index contributed by atoms with van der Waals surface area (Å²) >= 11 is 0. The first-order valence-electron chi connectivity index (χ1n) is 16.3. The summed E-state index contributed by atoms with van der Waals surface area (Å²) in [7, 11) is 0. The van der Waals surface area contributed by atoms with Crippen LogP contribution in [0.15, 0.2) is 90.8 Å². The predicted molar refractivity (Wildman–Crippen MR) is 187 cm³/mol. The van der Waals surface area contributed by atoms with E-state index < -0.39 is 11.7 Å². The standard InChI is InChI=1S/C28H19F3N.C13H24O2.Ir/c1-17-12-18(2)14-21(13-17)27-26-20(10-11-32-27)15-24(19-6-4-3-5-7-19)25-16-22(28(29,30)31)8-9-23(25)26;1-5-10(6-2)12(14)9-13(15)11(7-3)8-4;/h3-13,15-16H,1-2H3;9-11,14H,5-8H2,1-4H3;/q-1;;/b;12-9-;. The van der Waals surface area contributed by atoms with Crippen molar-refractivity contribution in [1.82, 2.24) is 4.98 Å². The Labute approximate surface area is 295 Å². The molecule has 0 spiro atoms. The minimum absolute atomic E-state index is 0. The number of allylic oxidation sites excluding steroid dienone is 2. The Bertz CT molecular complexity index is 1850. The molecule has 1 N–H and O–H groups in total. The van der Waals surface area contributed by atoms with Crippen LogP contribution >= 0.6 is 0 Å². The van der Waals surface area contributed by atoms with Crippen LogP contribution in [0, 0.1) is 31.7 Å². The van der Waals surface area contributed by atoms with Crippen molar-refractivity contribution in [1.29, 1.82) is 0 Å². The maximum absolute atomic E-state index is 13.6. The van der Waals surface area contributed by atoms with E-state index in [9.17, 15) is 23.1 Å². The second kappa shape index (κ2) is 17.0. The van der Waals surface area contributed by atoms with E-state index in [4.69, 9.17) is 0 Å². The summed E-state index contributed by atoms with van der Waals surface area (Å²) < 4.78 is 40.7. The molecule has 1 radical (unpaired) electrons. The number of carbonyl (C=O) groups excluding carboxylic acids is 1. The number of aromatic nitrogens is 1. The fourth-order valence-electron chi connectivity index (χ4n) is 6.14. The molecule has 255 valence electrons. The van der Waals surface area contributed by atoms with Gasteiger partial charge in [0.1, 0.15) is 0 Å². The molecule has 4 aromatic carbocycles. The van der Waals surface area contributed by atoms with Gasteiger partial charge >= 0.3 is 6.18 Å². The van der Waals surface area contributed by atoms with E-state index in [0.717, 1.165) is 81.4 Å². The molecule has 7 heteroatoms. The van der Waals surface area contributed by atoms with Crippen molar-refractivity contribution < 1.29 is 43.2 Å². The molecule has 0 saturated carbocycles. The van der Waals surface area contributed by atoms with Gasteiger partial charge in [-0.1, -0.05) is 77.9 Å². The molecule has 0 bridgehead atoms. The third kappa shape index (κ3) is 9.00. The molecule has 5 aromatic rings. The van der Waals surface area contributed by atoms with Gasteiger partial charge in [-0.3, -0.25) is 4.79 Å². The number of aliphatic hydroxyl groups excluding tert-OH is 1. The third-order valence-corrected chi connectivity index (χ3v) is 8.76. The number of alkyl halides is 3. The average Bonchev–Trinajstić information content (AvgIpc) is 3.04. The monoisotopic (exact) mass is 831 g/mol. The van der Waals surface area contributed by atoms with Crippen molar-refractivity contribution >= 4 is 27.3 Å². The first-order valence-corrected chi connectivity index (χ1v) is 16.3. The number of fused-ring (bicyclic) bond motifs is 3. The van der Waals surface area contributed by atoms with Crippen LogP contribution in [0.25, 0.3) is 43.9 Å². The van der Waals surface area contributed by atoms with Crippen LogP contribution in [-0.2, 0) is 31.1 Å². The summed E-state index contributed by atoms with van der Waals surface area (Å²) in [4.78, 5) is 16.3. The van der Waals surface area contributed by atoms with E-state index in [1.54, 1.807) is 12.3 Å². The number of halogens is 3. The Hall–Kier alpha value is -3.80. The van der Waals surface area contributed by atoms with Gasteiger partial charge in [0.15, 0.2) is 5.78 Å². The summed E-state index contributed by atoms with van der Waals surface area (Å²) in [6, 6.07) is 24.8. The van der Waals surface area contributed by atoms with Crippen molar-refractivity contribution in [2.45, 2.75) is 73.4 Å². The molecule has 0 fully saturated rings. The molecule has 0 aliphatic heterocycles. The van der Waals surface area contributed by atoms with Gasteiger partial charge in [0.25, 0.3) is 0 Å². The van der Waals surface area contributed by atoms with E-state index in [-0.39, 0.29) is 43.5 Å². The molecule has 5 rings (SSSR count). The Kier molecular flexibility index (Phi) is 13.7. The van der Waals surface area contributed by atoms with Gasteiger partial charge in [0.2, 0.25) is 0 Å². The number of hydrogen-bond acceptors (Lipinski definition) is 3. The molecule has 1 heterocycles. The number of rotatable bonds is 9. The van der Waals surface area contributed by atoms with E-state index in [0.29, 0.717) is 5.39 Å². The second-order valence-corrected chi connectivity index (χ2v) is 12.1. The van der Waals surface area contributed by atoms with Crippen molar-refractivity contribution in [3.63, 3.8) is 0 Å². The predicted octanol–water partition coefficient (Wildman–Crippen LogP) is 12.0. The normalized spacial score (nSPS) is 11.9. The van der Waals surface area contributed by atoms with Crippen LogP contribution in [0.5, 0.6) is 0 Å². The number of aliphatic hydroxyl groups is 1. The van der Waals surface area contributed by atoms with Crippen LogP contribution in [-0.4, -0.2) is 15.9 Å². The number of nitrogens with zero attached hydrogens (tertiary/aromatic N) is 1. The topological polar surface area (TPSA) is 50.2 Å². The van der Waals surface area contributed by atoms with E-state index in [2.05, 4.69) is 11.1 Å². The van der Waals surface area contributed by atoms with Crippen molar-refractivity contribution in [3.05, 3.63) is 114 Å². The maximum atomic E-state index is 13.6. The molecule has 48 heavy (non-hydrogen) atoms. The largest absolute Gasteiger partial charge is 0.512 e. The summed E-state index contributed by atoms with van der Waals surface area (Å²) in [5.41, 5.74) is 4.60. The molecule has 0 aliphatic carbocycles. The summed E-state index contributed by atoms with van der Waals surface area (Å²) in [5, 5.41) is 12.8. The Morgan fingerprint density at radius 3 is 2.08 bits per heavy atom. The Morgan fingerprint density at radius 1 is 0.854 bits per heavy atom. The fourth-order valence-corrected chi connectivity index (χ4v) is 6.14. The van der Waals surface area contributed by atoms with Crippen LogP contribution in [0.3, 0.4) is 0 Å². The van der Waals surface area contributed by atoms with Crippen LogP contribution in [0.4, 0.5) is 13.2 Å². The summed E-state index contributed by atoms with van der Waals surface area (Å²) in [6.45, 7) is 12.1. The number of pyridine rings is 1. The minimum atomic E-state index is -4.42. The average molecular weight is 831 g/mol. The third-order valence-electron chi connectivity index (χ3n) is 8.76. The number of hydrogen-bond donors (Lipinski definition) is 1. The Balaban J connectivity index is 0.000000334. The molecule has 0 saturated heterocycles. The Morgan fingerprint density at radius 2 is 1.50 bits per heavy atom. The van der Waals surface area contributed by atoms with E-state index >= 15 is 0 Å². The summed E-state index contributed by atoms with van der Waals surface area (Å²) in [6.07, 6.45) is 2.23. The van der Waals surface area contributed by atoms with Crippen LogP contribution in [0.2, 0.25) is 0 Å². The zero-order valence-electron chi connectivity index (χ0n) is 28.3. The first-order chi connectivity index (χ1) is 22.4. The molecule has 0 aliphatic rings. The zero-order valence-corrected chi connectivity index (χ0v) is 30.7. The molecule has 3 nitrogen and oxygen atoms in total. The molecular formula is C41H43F3IrNO2-. The smallest absolute Gasteiger partial charge is 0.416 e. The second-order valence-electron chi connectivity index (χ2n) is 12.1. The van der Waals surface area contributed by atoms with Gasteiger partial charge in [-0.15, -0.1) is 34.9 Å². The first kappa shape index (κ1) is 38.6. The molecule has 0 amide bonds. The number of benzene rings is 4. The van der Waals surface area contributed by atoms with E-state index in [1.807, 2.05) is 96.1 Å². The fraction of sp³-hybridized carbons (Fsp3) is 0.317. The molecule has 0 atom stereocenters. The van der Waals surface area contributed by atoms with Crippen molar-refractivity contribution in [2.75, 3.05) is 0 Å². The minimum Gasteiger partial charge on any atom is -0.512 e.